The summed E-state index contributed by atoms with van der Waals surface area (Å²) in [6.07, 6.45) is 3.83. The maximum absolute atomic E-state index is 15.6. The summed E-state index contributed by atoms with van der Waals surface area (Å²) in [5.74, 6) is 1.27. The number of methoxy groups -OCH3 is 1. The molecule has 3 fully saturated rings. The van der Waals surface area contributed by atoms with E-state index in [1.165, 1.54) is 0 Å². The van der Waals surface area contributed by atoms with E-state index in [0.29, 0.717) is 31.0 Å². The molecule has 204 valence electrons. The van der Waals surface area contributed by atoms with Crippen LogP contribution in [0.2, 0.25) is 0 Å². The first-order valence-electron chi connectivity index (χ1n) is 13.8. The summed E-state index contributed by atoms with van der Waals surface area (Å²) in [6.45, 7) is 9.23. The third-order valence-corrected chi connectivity index (χ3v) is 8.35. The molecule has 5 heterocycles. The van der Waals surface area contributed by atoms with Crippen molar-refractivity contribution in [3.8, 4) is 11.8 Å². The number of aromatic nitrogens is 4. The monoisotopic (exact) mass is 524 g/mol. The van der Waals surface area contributed by atoms with Gasteiger partial charge in [-0.05, 0) is 56.0 Å². The van der Waals surface area contributed by atoms with Crippen molar-refractivity contribution in [3.63, 3.8) is 0 Å². The highest BCUT2D eigenvalue weighted by molar-refractivity contribution is 5.82. The smallest absolute Gasteiger partial charge is 0.320 e. The number of nitrogens with zero attached hydrogens (tertiary/aromatic N) is 6. The van der Waals surface area contributed by atoms with Crippen molar-refractivity contribution in [2.45, 2.75) is 57.3 Å². The molecular formula is C28H37FN6O3. The van der Waals surface area contributed by atoms with Crippen LogP contribution in [0.5, 0.6) is 6.01 Å². The molecule has 0 N–H and O–H groups in total. The zero-order chi connectivity index (χ0) is 26.2. The zero-order valence-electron chi connectivity index (χ0n) is 22.5. The number of hydrogen-bond donors (Lipinski definition) is 0. The average Bonchev–Trinajstić information content (AvgIpc) is 3.63. The molecule has 0 spiro atoms. The van der Waals surface area contributed by atoms with Crippen LogP contribution in [0.1, 0.15) is 43.2 Å². The van der Waals surface area contributed by atoms with Gasteiger partial charge in [-0.25, -0.2) is 9.07 Å². The third-order valence-electron chi connectivity index (χ3n) is 8.35. The van der Waals surface area contributed by atoms with Gasteiger partial charge in [0.2, 0.25) is 0 Å². The molecule has 6 rings (SSSR count). The number of morpholine rings is 1. The molecule has 0 radical (unpaired) electrons. The van der Waals surface area contributed by atoms with Crippen molar-refractivity contribution in [3.05, 3.63) is 35.5 Å². The topological polar surface area (TPSA) is 77.8 Å². The molecule has 10 heteroatoms. The molecule has 0 bridgehead atoms. The van der Waals surface area contributed by atoms with Crippen molar-refractivity contribution in [2.24, 2.45) is 0 Å². The van der Waals surface area contributed by atoms with Crippen LogP contribution in [0.15, 0.2) is 24.4 Å². The predicted octanol–water partition coefficient (Wildman–Crippen LogP) is 3.66. The van der Waals surface area contributed by atoms with Crippen molar-refractivity contribution in [1.82, 2.24) is 24.6 Å². The van der Waals surface area contributed by atoms with E-state index in [1.54, 1.807) is 7.11 Å². The van der Waals surface area contributed by atoms with E-state index < -0.39 is 6.17 Å². The van der Waals surface area contributed by atoms with Gasteiger partial charge in [0.1, 0.15) is 12.0 Å². The molecule has 3 aliphatic heterocycles. The maximum atomic E-state index is 15.6. The Bertz CT molecular complexity index is 1280. The molecule has 9 nitrogen and oxygen atoms in total. The van der Waals surface area contributed by atoms with Gasteiger partial charge in [-0.2, -0.15) is 15.1 Å². The van der Waals surface area contributed by atoms with Crippen LogP contribution in [-0.2, 0) is 9.47 Å². The predicted molar refractivity (Wildman–Crippen MR) is 143 cm³/mol. The molecule has 1 aromatic carbocycles. The fraction of sp³-hybridized carbons (Fsp3) is 0.607. The fourth-order valence-electron chi connectivity index (χ4n) is 6.14. The number of likely N-dealkylation sites (tertiary alicyclic amines) is 1. The van der Waals surface area contributed by atoms with E-state index in [-0.39, 0.29) is 12.0 Å². The number of aryl methyl sites for hydroxylation is 1. The van der Waals surface area contributed by atoms with Crippen molar-refractivity contribution in [1.29, 1.82) is 0 Å². The largest absolute Gasteiger partial charge is 0.467 e. The minimum Gasteiger partial charge on any atom is -0.467 e. The summed E-state index contributed by atoms with van der Waals surface area (Å²) in [7, 11) is 1.57. The second-order valence-corrected chi connectivity index (χ2v) is 10.7. The second kappa shape index (κ2) is 10.7. The number of benzene rings is 1. The summed E-state index contributed by atoms with van der Waals surface area (Å²) in [4.78, 5) is 13.7. The highest BCUT2D eigenvalue weighted by Gasteiger charge is 2.35. The van der Waals surface area contributed by atoms with Crippen LogP contribution in [0.25, 0.3) is 16.7 Å². The Morgan fingerprint density at radius 1 is 1.08 bits per heavy atom. The number of anilines is 1. The molecule has 3 unspecified atom stereocenters. The number of rotatable bonds is 6. The van der Waals surface area contributed by atoms with Crippen molar-refractivity contribution >= 4 is 16.7 Å². The first-order chi connectivity index (χ1) is 18.5. The van der Waals surface area contributed by atoms with E-state index in [0.717, 1.165) is 80.0 Å². The number of ether oxygens (including phenoxy) is 3. The van der Waals surface area contributed by atoms with Crippen LogP contribution < -0.4 is 9.64 Å². The third kappa shape index (κ3) is 4.85. The SMILES string of the molecule is CC[C@@H]1CN(c2cc(-n3ncc4cc(C)c(C5CCN(C6CCOC6)CC5F)cc43)nc(OC)n2)CCO1. The van der Waals surface area contributed by atoms with Crippen LogP contribution in [-0.4, -0.2) is 96.1 Å². The number of fused-ring (bicyclic) bond motifs is 1. The quantitative estimate of drug-likeness (QED) is 0.484. The van der Waals surface area contributed by atoms with Gasteiger partial charge in [0.15, 0.2) is 5.82 Å². The van der Waals surface area contributed by atoms with Crippen molar-refractivity contribution < 1.29 is 18.6 Å². The maximum Gasteiger partial charge on any atom is 0.320 e. The lowest BCUT2D eigenvalue weighted by atomic mass is 9.84. The van der Waals surface area contributed by atoms with Crippen molar-refractivity contribution in [2.75, 3.05) is 58.0 Å². The van der Waals surface area contributed by atoms with Gasteiger partial charge in [0.05, 0.1) is 38.1 Å². The van der Waals surface area contributed by atoms with Crippen LogP contribution in [0.3, 0.4) is 0 Å². The average molecular weight is 525 g/mol. The lowest BCUT2D eigenvalue weighted by Gasteiger charge is -2.38. The molecule has 3 saturated heterocycles. The first-order valence-corrected chi connectivity index (χ1v) is 13.8. The lowest BCUT2D eigenvalue weighted by Crippen LogP contribution is -2.46. The van der Waals surface area contributed by atoms with Crippen LogP contribution >= 0.6 is 0 Å². The van der Waals surface area contributed by atoms with Gasteiger partial charge >= 0.3 is 6.01 Å². The van der Waals surface area contributed by atoms with Crippen LogP contribution in [0.4, 0.5) is 10.2 Å². The number of alkyl halides is 1. The molecule has 3 aromatic rings. The molecule has 0 saturated carbocycles. The van der Waals surface area contributed by atoms with E-state index in [4.69, 9.17) is 14.2 Å². The molecule has 2 aromatic heterocycles. The van der Waals surface area contributed by atoms with E-state index >= 15 is 4.39 Å². The summed E-state index contributed by atoms with van der Waals surface area (Å²) in [6, 6.07) is 6.82. The highest BCUT2D eigenvalue weighted by atomic mass is 19.1. The summed E-state index contributed by atoms with van der Waals surface area (Å²) in [5, 5.41) is 5.68. The standard InChI is InChI=1S/C28H37FN6O3/c1-4-21-15-34(8-10-38-21)26-13-27(32-28(31-26)36-3)35-25-12-23(18(2)11-19(25)14-30-35)22-5-7-33(16-24(22)29)20-6-9-37-17-20/h11-14,20-22,24H,4-10,15-17H2,1-3H3/t20?,21-,22?,24?/m1/s1. The molecular weight excluding hydrogens is 487 g/mol. The summed E-state index contributed by atoms with van der Waals surface area (Å²) < 4.78 is 34.3. The summed E-state index contributed by atoms with van der Waals surface area (Å²) in [5.41, 5.74) is 3.06. The lowest BCUT2D eigenvalue weighted by molar-refractivity contribution is 0.0381. The van der Waals surface area contributed by atoms with E-state index in [9.17, 15) is 0 Å². The Balaban J connectivity index is 1.32. The van der Waals surface area contributed by atoms with Gasteiger partial charge in [0, 0.05) is 49.7 Å². The van der Waals surface area contributed by atoms with Gasteiger partial charge < -0.3 is 19.1 Å². The second-order valence-electron chi connectivity index (χ2n) is 10.7. The van der Waals surface area contributed by atoms with Crippen LogP contribution in [0, 0.1) is 6.92 Å². The number of hydrogen-bond acceptors (Lipinski definition) is 8. The van der Waals surface area contributed by atoms with Gasteiger partial charge in [-0.1, -0.05) is 6.92 Å². The van der Waals surface area contributed by atoms with Gasteiger partial charge in [-0.3, -0.25) is 4.90 Å². The molecule has 0 amide bonds. The summed E-state index contributed by atoms with van der Waals surface area (Å²) >= 11 is 0. The minimum atomic E-state index is -0.921. The number of piperidine rings is 1. The van der Waals surface area contributed by atoms with E-state index in [1.807, 2.05) is 16.9 Å². The van der Waals surface area contributed by atoms with E-state index in [2.05, 4.69) is 50.8 Å². The fourth-order valence-corrected chi connectivity index (χ4v) is 6.14. The minimum absolute atomic E-state index is 0.142. The normalized spacial score (nSPS) is 26.8. The Morgan fingerprint density at radius 3 is 2.71 bits per heavy atom. The van der Waals surface area contributed by atoms with Gasteiger partial charge in [0.25, 0.3) is 0 Å². The zero-order valence-corrected chi connectivity index (χ0v) is 22.5. The Hall–Kier alpha value is -2.82. The molecule has 4 atom stereocenters. The Labute approximate surface area is 222 Å². The first kappa shape index (κ1) is 25.5. The highest BCUT2D eigenvalue weighted by Crippen LogP contribution is 2.36. The molecule has 0 aliphatic carbocycles. The number of halogens is 1. The molecule has 3 aliphatic rings. The molecule has 38 heavy (non-hydrogen) atoms. The Morgan fingerprint density at radius 2 is 1.95 bits per heavy atom. The van der Waals surface area contributed by atoms with Gasteiger partial charge in [-0.15, -0.1) is 0 Å². The Kier molecular flexibility index (Phi) is 7.20.